The van der Waals surface area contributed by atoms with E-state index in [-0.39, 0.29) is 12.3 Å². The molecule has 2 aromatic rings. The minimum absolute atomic E-state index is 0.0444. The molecule has 0 aliphatic carbocycles. The SMILES string of the molecule is CC(C)S(=O)(=O)c1ccc(CC(=O)N2CCN(CC(O)c3cccs3)CC2)cc1. The number of sulfone groups is 1. The van der Waals surface area contributed by atoms with Crippen molar-refractivity contribution >= 4 is 27.1 Å². The number of β-amino-alcohol motifs (C(OH)–C–C–N with tert-alkyl or cyclic N) is 1. The van der Waals surface area contributed by atoms with Gasteiger partial charge in [0, 0.05) is 37.6 Å². The molecular weight excluding hydrogens is 408 g/mol. The Morgan fingerprint density at radius 1 is 1.10 bits per heavy atom. The van der Waals surface area contributed by atoms with E-state index < -0.39 is 21.2 Å². The largest absolute Gasteiger partial charge is 0.386 e. The van der Waals surface area contributed by atoms with Crippen LogP contribution in [0.4, 0.5) is 0 Å². The second-order valence-corrected chi connectivity index (χ2v) is 11.1. The number of nitrogens with zero attached hydrogens (tertiary/aromatic N) is 2. The number of piperazine rings is 1. The average Bonchev–Trinajstić information content (AvgIpc) is 3.24. The summed E-state index contributed by atoms with van der Waals surface area (Å²) in [4.78, 5) is 17.9. The topological polar surface area (TPSA) is 77.9 Å². The molecule has 2 heterocycles. The maximum atomic E-state index is 12.6. The van der Waals surface area contributed by atoms with E-state index >= 15 is 0 Å². The number of carbonyl (C=O) groups excluding carboxylic acids is 1. The van der Waals surface area contributed by atoms with Crippen LogP contribution in [0.15, 0.2) is 46.7 Å². The Bertz CT molecular complexity index is 901. The maximum Gasteiger partial charge on any atom is 0.227 e. The Morgan fingerprint density at radius 2 is 1.76 bits per heavy atom. The summed E-state index contributed by atoms with van der Waals surface area (Å²) in [6.45, 7) is 6.64. The molecule has 1 aromatic heterocycles. The molecule has 1 aliphatic heterocycles. The van der Waals surface area contributed by atoms with Gasteiger partial charge in [0.2, 0.25) is 5.91 Å². The van der Waals surface area contributed by atoms with E-state index in [1.165, 1.54) is 0 Å². The fraction of sp³-hybridized carbons (Fsp3) is 0.476. The summed E-state index contributed by atoms with van der Waals surface area (Å²) in [7, 11) is -3.30. The van der Waals surface area contributed by atoms with Crippen molar-refractivity contribution in [2.75, 3.05) is 32.7 Å². The second-order valence-electron chi connectivity index (χ2n) is 7.63. The molecule has 3 rings (SSSR count). The molecule has 0 radical (unpaired) electrons. The van der Waals surface area contributed by atoms with Crippen molar-refractivity contribution in [3.05, 3.63) is 52.2 Å². The number of hydrogen-bond acceptors (Lipinski definition) is 6. The lowest BCUT2D eigenvalue weighted by Gasteiger charge is -2.35. The van der Waals surface area contributed by atoms with Gasteiger partial charge >= 0.3 is 0 Å². The Hall–Kier alpha value is -1.74. The first kappa shape index (κ1) is 22.0. The van der Waals surface area contributed by atoms with Crippen LogP contribution < -0.4 is 0 Å². The first-order chi connectivity index (χ1) is 13.8. The van der Waals surface area contributed by atoms with E-state index in [1.54, 1.807) is 49.4 Å². The third kappa shape index (κ3) is 5.45. The molecule has 1 saturated heterocycles. The quantitative estimate of drug-likeness (QED) is 0.721. The molecular formula is C21H28N2O4S2. The molecule has 0 spiro atoms. The van der Waals surface area contributed by atoms with E-state index in [2.05, 4.69) is 4.90 Å². The number of benzene rings is 1. The molecule has 29 heavy (non-hydrogen) atoms. The fourth-order valence-corrected chi connectivity index (χ4v) is 5.11. The second kappa shape index (κ2) is 9.38. The van der Waals surface area contributed by atoms with Gasteiger partial charge in [-0.3, -0.25) is 9.69 Å². The summed E-state index contributed by atoms with van der Waals surface area (Å²) in [5, 5.41) is 11.8. The Balaban J connectivity index is 1.50. The molecule has 1 N–H and O–H groups in total. The van der Waals surface area contributed by atoms with E-state index in [9.17, 15) is 18.3 Å². The van der Waals surface area contributed by atoms with Gasteiger partial charge in [0.05, 0.1) is 16.6 Å². The van der Waals surface area contributed by atoms with Gasteiger partial charge in [-0.15, -0.1) is 11.3 Å². The van der Waals surface area contributed by atoms with Gasteiger partial charge in [-0.05, 0) is 43.0 Å². The van der Waals surface area contributed by atoms with Gasteiger partial charge in [0.15, 0.2) is 9.84 Å². The third-order valence-electron chi connectivity index (χ3n) is 5.26. The average molecular weight is 437 g/mol. The molecule has 6 nitrogen and oxygen atoms in total. The summed E-state index contributed by atoms with van der Waals surface area (Å²) < 4.78 is 24.4. The third-order valence-corrected chi connectivity index (χ3v) is 8.40. The number of rotatable bonds is 7. The molecule has 1 aromatic carbocycles. The monoisotopic (exact) mass is 436 g/mol. The van der Waals surface area contributed by atoms with E-state index in [0.29, 0.717) is 24.5 Å². The highest BCUT2D eigenvalue weighted by Crippen LogP contribution is 2.21. The van der Waals surface area contributed by atoms with Crippen LogP contribution in [0.2, 0.25) is 0 Å². The van der Waals surface area contributed by atoms with Crippen molar-refractivity contribution in [2.24, 2.45) is 0 Å². The molecule has 1 amide bonds. The molecule has 1 unspecified atom stereocenters. The highest BCUT2D eigenvalue weighted by atomic mass is 32.2. The van der Waals surface area contributed by atoms with Gasteiger partial charge in [-0.1, -0.05) is 18.2 Å². The van der Waals surface area contributed by atoms with Crippen molar-refractivity contribution in [1.29, 1.82) is 0 Å². The number of thiophene rings is 1. The zero-order valence-electron chi connectivity index (χ0n) is 16.8. The molecule has 1 fully saturated rings. The van der Waals surface area contributed by atoms with Crippen LogP contribution in [-0.2, 0) is 21.1 Å². The summed E-state index contributed by atoms with van der Waals surface area (Å²) in [5.74, 6) is 0.0444. The molecule has 0 bridgehead atoms. The fourth-order valence-electron chi connectivity index (χ4n) is 3.35. The van der Waals surface area contributed by atoms with Crippen molar-refractivity contribution in [3.8, 4) is 0 Å². The van der Waals surface area contributed by atoms with Gasteiger partial charge in [0.1, 0.15) is 6.10 Å². The Kier molecular flexibility index (Phi) is 7.10. The molecule has 1 atom stereocenters. The van der Waals surface area contributed by atoms with Crippen LogP contribution in [0.5, 0.6) is 0 Å². The van der Waals surface area contributed by atoms with Gasteiger partial charge in [-0.25, -0.2) is 8.42 Å². The van der Waals surface area contributed by atoms with Crippen molar-refractivity contribution in [2.45, 2.75) is 36.5 Å². The van der Waals surface area contributed by atoms with E-state index in [0.717, 1.165) is 23.5 Å². The van der Waals surface area contributed by atoms with Crippen LogP contribution in [-0.4, -0.2) is 67.2 Å². The van der Waals surface area contributed by atoms with Crippen molar-refractivity contribution in [1.82, 2.24) is 9.80 Å². The number of aliphatic hydroxyl groups excluding tert-OH is 1. The summed E-state index contributed by atoms with van der Waals surface area (Å²) in [5.41, 5.74) is 0.813. The van der Waals surface area contributed by atoms with Crippen LogP contribution in [0.1, 0.15) is 30.4 Å². The van der Waals surface area contributed by atoms with Gasteiger partial charge in [-0.2, -0.15) is 0 Å². The highest BCUT2D eigenvalue weighted by molar-refractivity contribution is 7.92. The molecule has 8 heteroatoms. The molecule has 1 aliphatic rings. The zero-order valence-corrected chi connectivity index (χ0v) is 18.5. The zero-order chi connectivity index (χ0) is 21.0. The lowest BCUT2D eigenvalue weighted by Crippen LogP contribution is -2.49. The normalized spacial score (nSPS) is 16.9. The van der Waals surface area contributed by atoms with Gasteiger partial charge in [0.25, 0.3) is 0 Å². The number of hydrogen-bond donors (Lipinski definition) is 1. The summed E-state index contributed by atoms with van der Waals surface area (Å²) in [6.07, 6.45) is -0.224. The van der Waals surface area contributed by atoms with Crippen LogP contribution in [0.3, 0.4) is 0 Å². The first-order valence-corrected chi connectivity index (χ1v) is 12.2. The van der Waals surface area contributed by atoms with Crippen LogP contribution in [0.25, 0.3) is 0 Å². The lowest BCUT2D eigenvalue weighted by molar-refractivity contribution is -0.132. The molecule has 158 valence electrons. The van der Waals surface area contributed by atoms with E-state index in [4.69, 9.17) is 0 Å². The predicted molar refractivity (Wildman–Crippen MR) is 115 cm³/mol. The number of aliphatic hydroxyl groups is 1. The molecule has 0 saturated carbocycles. The Labute approximate surface area is 176 Å². The van der Waals surface area contributed by atoms with Crippen LogP contribution >= 0.6 is 11.3 Å². The van der Waals surface area contributed by atoms with Gasteiger partial charge < -0.3 is 10.0 Å². The number of carbonyl (C=O) groups is 1. The number of amides is 1. The Morgan fingerprint density at radius 3 is 2.31 bits per heavy atom. The standard InChI is InChI=1S/C21H28N2O4S2/c1-16(2)29(26,27)18-7-5-17(6-8-18)14-21(25)23-11-9-22(10-12-23)15-19(24)20-4-3-13-28-20/h3-8,13,16,19,24H,9-12,14-15H2,1-2H3. The van der Waals surface area contributed by atoms with E-state index in [1.807, 2.05) is 22.4 Å². The first-order valence-electron chi connectivity index (χ1n) is 9.82. The lowest BCUT2D eigenvalue weighted by atomic mass is 10.1. The minimum Gasteiger partial charge on any atom is -0.386 e. The maximum absolute atomic E-state index is 12.6. The summed E-state index contributed by atoms with van der Waals surface area (Å²) >= 11 is 1.55. The van der Waals surface area contributed by atoms with Crippen LogP contribution in [0, 0.1) is 0 Å². The summed E-state index contributed by atoms with van der Waals surface area (Å²) in [6, 6.07) is 10.5. The predicted octanol–water partition coefficient (Wildman–Crippen LogP) is 2.35. The smallest absolute Gasteiger partial charge is 0.227 e. The van der Waals surface area contributed by atoms with Crippen molar-refractivity contribution in [3.63, 3.8) is 0 Å². The highest BCUT2D eigenvalue weighted by Gasteiger charge is 2.24. The minimum atomic E-state index is -3.30. The van der Waals surface area contributed by atoms with Crippen molar-refractivity contribution < 1.29 is 18.3 Å².